The second kappa shape index (κ2) is 7.61. The highest BCUT2D eigenvalue weighted by molar-refractivity contribution is 7.89. The van der Waals surface area contributed by atoms with Crippen molar-refractivity contribution in [2.45, 2.75) is 44.6 Å². The van der Waals surface area contributed by atoms with E-state index >= 15 is 0 Å². The molecule has 0 bridgehead atoms. The number of nitrogens with zero attached hydrogens (tertiary/aromatic N) is 1. The topological polar surface area (TPSA) is 37.4 Å². The van der Waals surface area contributed by atoms with Crippen LogP contribution in [0.5, 0.6) is 0 Å². The van der Waals surface area contributed by atoms with Gasteiger partial charge in [0.05, 0.1) is 5.75 Å². The van der Waals surface area contributed by atoms with E-state index in [-0.39, 0.29) is 17.7 Å². The van der Waals surface area contributed by atoms with E-state index in [4.69, 9.17) is 11.6 Å². The van der Waals surface area contributed by atoms with Gasteiger partial charge in [-0.15, -0.1) is 11.6 Å². The van der Waals surface area contributed by atoms with Crippen LogP contribution in [0.15, 0.2) is 30.3 Å². The lowest BCUT2D eigenvalue weighted by atomic mass is 10.0. The lowest BCUT2D eigenvalue weighted by Gasteiger charge is -2.25. The van der Waals surface area contributed by atoms with Crippen LogP contribution in [0.3, 0.4) is 0 Å². The molecule has 0 aromatic heterocycles. The maximum atomic E-state index is 12.7. The molecule has 118 valence electrons. The van der Waals surface area contributed by atoms with E-state index in [1.54, 1.807) is 4.31 Å². The summed E-state index contributed by atoms with van der Waals surface area (Å²) in [5, 5.41) is 0. The Labute approximate surface area is 133 Å². The fourth-order valence-electron chi connectivity index (χ4n) is 3.07. The molecule has 0 saturated carbocycles. The van der Waals surface area contributed by atoms with Gasteiger partial charge in [-0.2, -0.15) is 4.31 Å². The van der Waals surface area contributed by atoms with E-state index in [1.165, 1.54) is 0 Å². The molecule has 0 N–H and O–H groups in total. The van der Waals surface area contributed by atoms with Crippen LogP contribution in [-0.4, -0.2) is 36.9 Å². The van der Waals surface area contributed by atoms with Crippen LogP contribution in [0.1, 0.15) is 44.1 Å². The zero-order chi connectivity index (χ0) is 15.3. The van der Waals surface area contributed by atoms with E-state index < -0.39 is 10.0 Å². The molecule has 2 rings (SSSR count). The lowest BCUT2D eigenvalue weighted by molar-refractivity contribution is 0.367. The monoisotopic (exact) mass is 329 g/mol. The fourth-order valence-corrected chi connectivity index (χ4v) is 5.31. The summed E-state index contributed by atoms with van der Waals surface area (Å²) >= 11 is 5.74. The van der Waals surface area contributed by atoms with Gasteiger partial charge in [-0.1, -0.05) is 37.3 Å². The predicted molar refractivity (Wildman–Crippen MR) is 88.3 cm³/mol. The average molecular weight is 330 g/mol. The van der Waals surface area contributed by atoms with Crippen LogP contribution < -0.4 is 0 Å². The Morgan fingerprint density at radius 1 is 1.33 bits per heavy atom. The van der Waals surface area contributed by atoms with Gasteiger partial charge in [0.25, 0.3) is 0 Å². The number of sulfonamides is 1. The Morgan fingerprint density at radius 3 is 2.71 bits per heavy atom. The van der Waals surface area contributed by atoms with Gasteiger partial charge in [0.15, 0.2) is 0 Å². The Morgan fingerprint density at radius 2 is 2.05 bits per heavy atom. The molecular formula is C16H24ClNO2S. The van der Waals surface area contributed by atoms with E-state index in [0.717, 1.165) is 31.2 Å². The molecule has 1 aromatic carbocycles. The normalized spacial score (nSPS) is 21.5. The van der Waals surface area contributed by atoms with Crippen LogP contribution in [0.2, 0.25) is 0 Å². The molecule has 1 fully saturated rings. The molecule has 1 saturated heterocycles. The summed E-state index contributed by atoms with van der Waals surface area (Å²) < 4.78 is 27.1. The number of hydrogen-bond acceptors (Lipinski definition) is 2. The maximum absolute atomic E-state index is 12.7. The molecule has 0 radical (unpaired) electrons. The predicted octanol–water partition coefficient (Wildman–Crippen LogP) is 3.60. The Kier molecular flexibility index (Phi) is 6.08. The number of hydrogen-bond donors (Lipinski definition) is 0. The number of benzene rings is 1. The summed E-state index contributed by atoms with van der Waals surface area (Å²) in [4.78, 5) is 0. The molecule has 1 heterocycles. The van der Waals surface area contributed by atoms with Gasteiger partial charge < -0.3 is 0 Å². The highest BCUT2D eigenvalue weighted by Crippen LogP contribution is 2.27. The summed E-state index contributed by atoms with van der Waals surface area (Å²) in [5.41, 5.74) is 1.08. The van der Waals surface area contributed by atoms with Crippen LogP contribution in [0.4, 0.5) is 0 Å². The van der Waals surface area contributed by atoms with Crippen LogP contribution >= 0.6 is 11.6 Å². The lowest BCUT2D eigenvalue weighted by Crippen LogP contribution is -2.38. The first kappa shape index (κ1) is 16.8. The van der Waals surface area contributed by atoms with Gasteiger partial charge in [0, 0.05) is 18.5 Å². The first-order chi connectivity index (χ1) is 10.0. The number of halogens is 1. The number of rotatable bonds is 7. The Bertz CT molecular complexity index is 532. The van der Waals surface area contributed by atoms with Crippen molar-refractivity contribution in [3.05, 3.63) is 35.9 Å². The van der Waals surface area contributed by atoms with Crippen molar-refractivity contribution in [2.75, 3.05) is 18.2 Å². The largest absolute Gasteiger partial charge is 0.214 e. The molecule has 1 aliphatic heterocycles. The van der Waals surface area contributed by atoms with Gasteiger partial charge >= 0.3 is 0 Å². The summed E-state index contributed by atoms with van der Waals surface area (Å²) in [5.74, 6) is 0.810. The van der Waals surface area contributed by atoms with Crippen LogP contribution in [0.25, 0.3) is 0 Å². The molecule has 0 spiro atoms. The standard InChI is InChI=1S/C16H24ClNO2S/c1-14(15-7-3-2-4-8-15)13-21(19,20)18-12-6-10-16(18)9-5-11-17/h2-4,7-8,14,16H,5-6,9-13H2,1H3. The number of alkyl halides is 1. The van der Waals surface area contributed by atoms with Gasteiger partial charge in [0.1, 0.15) is 0 Å². The molecular weight excluding hydrogens is 306 g/mol. The van der Waals surface area contributed by atoms with Crippen molar-refractivity contribution in [1.29, 1.82) is 0 Å². The van der Waals surface area contributed by atoms with Crippen molar-refractivity contribution in [3.8, 4) is 0 Å². The highest BCUT2D eigenvalue weighted by atomic mass is 35.5. The minimum Gasteiger partial charge on any atom is -0.212 e. The Hall–Kier alpha value is -0.580. The average Bonchev–Trinajstić information content (AvgIpc) is 2.95. The zero-order valence-electron chi connectivity index (χ0n) is 12.5. The first-order valence-electron chi connectivity index (χ1n) is 7.65. The van der Waals surface area contributed by atoms with Crippen molar-refractivity contribution >= 4 is 21.6 Å². The first-order valence-corrected chi connectivity index (χ1v) is 9.79. The van der Waals surface area contributed by atoms with Crippen molar-refractivity contribution in [3.63, 3.8) is 0 Å². The molecule has 1 aromatic rings. The molecule has 1 aliphatic rings. The van der Waals surface area contributed by atoms with Gasteiger partial charge in [-0.3, -0.25) is 0 Å². The third kappa shape index (κ3) is 4.44. The van der Waals surface area contributed by atoms with E-state index in [2.05, 4.69) is 0 Å². The summed E-state index contributed by atoms with van der Waals surface area (Å²) in [6, 6.07) is 10.0. The SMILES string of the molecule is CC(CS(=O)(=O)N1CCCC1CCCCl)c1ccccc1. The zero-order valence-corrected chi connectivity index (χ0v) is 14.1. The van der Waals surface area contributed by atoms with Crippen LogP contribution in [0, 0.1) is 0 Å². The van der Waals surface area contributed by atoms with Crippen molar-refractivity contribution in [2.24, 2.45) is 0 Å². The smallest absolute Gasteiger partial charge is 0.212 e. The molecule has 5 heteroatoms. The summed E-state index contributed by atoms with van der Waals surface area (Å²) in [6.07, 6.45) is 3.69. The Balaban J connectivity index is 2.04. The molecule has 3 nitrogen and oxygen atoms in total. The molecule has 0 aliphatic carbocycles. The molecule has 2 unspecified atom stereocenters. The minimum atomic E-state index is -3.20. The second-order valence-electron chi connectivity index (χ2n) is 5.83. The van der Waals surface area contributed by atoms with Gasteiger partial charge in [0.2, 0.25) is 10.0 Å². The van der Waals surface area contributed by atoms with E-state index in [9.17, 15) is 8.42 Å². The van der Waals surface area contributed by atoms with Gasteiger partial charge in [-0.05, 0) is 37.2 Å². The minimum absolute atomic E-state index is 0.0190. The van der Waals surface area contributed by atoms with Crippen molar-refractivity contribution in [1.82, 2.24) is 4.31 Å². The second-order valence-corrected chi connectivity index (χ2v) is 8.17. The summed E-state index contributed by atoms with van der Waals surface area (Å²) in [6.45, 7) is 2.65. The fraction of sp³-hybridized carbons (Fsp3) is 0.625. The quantitative estimate of drug-likeness (QED) is 0.717. The van der Waals surface area contributed by atoms with Crippen LogP contribution in [-0.2, 0) is 10.0 Å². The molecule has 0 amide bonds. The van der Waals surface area contributed by atoms with E-state index in [1.807, 2.05) is 37.3 Å². The maximum Gasteiger partial charge on any atom is 0.214 e. The third-order valence-electron chi connectivity index (χ3n) is 4.18. The highest BCUT2D eigenvalue weighted by Gasteiger charge is 2.34. The van der Waals surface area contributed by atoms with Crippen molar-refractivity contribution < 1.29 is 8.42 Å². The molecule has 2 atom stereocenters. The summed E-state index contributed by atoms with van der Waals surface area (Å²) in [7, 11) is -3.20. The van der Waals surface area contributed by atoms with E-state index in [0.29, 0.717) is 12.4 Å². The third-order valence-corrected chi connectivity index (χ3v) is 6.56. The van der Waals surface area contributed by atoms with Gasteiger partial charge in [-0.25, -0.2) is 8.42 Å². The molecule has 21 heavy (non-hydrogen) atoms.